The molecule has 5 heavy (non-hydrogen) atoms. The summed E-state index contributed by atoms with van der Waals surface area (Å²) in [4.78, 5) is 0. The second kappa shape index (κ2) is 28.5. The molecule has 0 aliphatic carbocycles. The number of hydrogen-bond acceptors (Lipinski definition) is 1. The summed E-state index contributed by atoms with van der Waals surface area (Å²) in [5, 5.41) is 7.32. The van der Waals surface area contributed by atoms with Gasteiger partial charge in [0.2, 0.25) is 0 Å². The van der Waals surface area contributed by atoms with Crippen molar-refractivity contribution in [2.24, 2.45) is 0 Å². The van der Waals surface area contributed by atoms with Gasteiger partial charge >= 0.3 is 0 Å². The first kappa shape index (κ1) is 18.7. The van der Waals surface area contributed by atoms with Crippen LogP contribution in [0.15, 0.2) is 0 Å². The molecule has 0 N–H and O–H groups in total. The van der Waals surface area contributed by atoms with Gasteiger partial charge in [-0.15, -0.1) is 29.4 Å². The lowest BCUT2D eigenvalue weighted by atomic mass is 11.0. The number of nitrogens with zero attached hydrogens (tertiary/aromatic N) is 1. The van der Waals surface area contributed by atoms with Crippen molar-refractivity contribution in [2.45, 2.75) is 6.92 Å². The van der Waals surface area contributed by atoms with Crippen LogP contribution in [0.1, 0.15) is 6.92 Å². The van der Waals surface area contributed by atoms with Crippen molar-refractivity contribution in [1.29, 1.82) is 5.26 Å². The zero-order valence-corrected chi connectivity index (χ0v) is 5.29. The van der Waals surface area contributed by atoms with Crippen LogP contribution in [0, 0.1) is 11.3 Å². The van der Waals surface area contributed by atoms with E-state index in [1.165, 1.54) is 6.92 Å². The fraction of sp³-hybridized carbons (Fsp3) is 0.500. The highest BCUT2D eigenvalue weighted by molar-refractivity contribution is 8.93. The minimum Gasteiger partial charge on any atom is -0.199 e. The van der Waals surface area contributed by atoms with Crippen molar-refractivity contribution < 1.29 is 0 Å². The predicted octanol–water partition coefficient (Wildman–Crippen LogP) is 1.53. The van der Waals surface area contributed by atoms with Gasteiger partial charge in [-0.3, -0.25) is 0 Å². The lowest BCUT2D eigenvalue weighted by Crippen LogP contribution is -1.10. The Morgan fingerprint density at radius 2 is 1.60 bits per heavy atom. The first-order valence-corrected chi connectivity index (χ1v) is 0.724. The summed E-state index contributed by atoms with van der Waals surface area (Å²) in [6.07, 6.45) is 0. The average molecular weight is 158 g/mol. The number of rotatable bonds is 0. The van der Waals surface area contributed by atoms with E-state index < -0.39 is 0 Å². The Labute approximate surface area is 48.2 Å². The van der Waals surface area contributed by atoms with Crippen molar-refractivity contribution in [3.63, 3.8) is 0 Å². The van der Waals surface area contributed by atoms with E-state index in [4.69, 9.17) is 5.26 Å². The molecule has 0 aliphatic heterocycles. The van der Waals surface area contributed by atoms with Crippen LogP contribution in [0.3, 0.4) is 0 Å². The Bertz CT molecular complexity index is 31.1. The lowest BCUT2D eigenvalue weighted by molar-refractivity contribution is 1.49. The van der Waals surface area contributed by atoms with E-state index >= 15 is 0 Å². The minimum absolute atomic E-state index is 0. The highest BCUT2D eigenvalue weighted by Crippen LogP contribution is 1.21. The zero-order valence-electron chi connectivity index (χ0n) is 2.76. The summed E-state index contributed by atoms with van der Waals surface area (Å²) in [5.41, 5.74) is 0. The molecular formula is C2H5BrClN. The molecule has 0 aromatic carbocycles. The molecule has 0 aromatic heterocycles. The minimum atomic E-state index is 0. The Morgan fingerprint density at radius 3 is 1.60 bits per heavy atom. The Kier molecular flexibility index (Phi) is 107. The molecule has 0 saturated heterocycles. The molecule has 0 bridgehead atoms. The summed E-state index contributed by atoms with van der Waals surface area (Å²) < 4.78 is 0. The van der Waals surface area contributed by atoms with Crippen LogP contribution in [-0.4, -0.2) is 0 Å². The van der Waals surface area contributed by atoms with Gasteiger partial charge < -0.3 is 0 Å². The molecule has 1 nitrogen and oxygen atoms in total. The van der Waals surface area contributed by atoms with Crippen LogP contribution >= 0.6 is 29.4 Å². The standard InChI is InChI=1S/C2H3N.BrH.ClH/c1-2-3;;/h1H3;2*1H. The molecule has 0 unspecified atom stereocenters. The van der Waals surface area contributed by atoms with Gasteiger partial charge in [0, 0.05) is 6.92 Å². The topological polar surface area (TPSA) is 23.8 Å². The molecule has 32 valence electrons. The molecule has 0 atom stereocenters. The average Bonchev–Trinajstić information content (AvgIpc) is 0.918. The van der Waals surface area contributed by atoms with Crippen molar-refractivity contribution >= 4 is 29.4 Å². The third-order valence-corrected chi connectivity index (χ3v) is 0. The summed E-state index contributed by atoms with van der Waals surface area (Å²) >= 11 is 0. The van der Waals surface area contributed by atoms with Crippen LogP contribution in [-0.2, 0) is 0 Å². The highest BCUT2D eigenvalue weighted by atomic mass is 79.9. The summed E-state index contributed by atoms with van der Waals surface area (Å²) in [5.74, 6) is 0. The third-order valence-electron chi connectivity index (χ3n) is 0. The molecule has 0 amide bonds. The summed E-state index contributed by atoms with van der Waals surface area (Å²) in [6, 6.07) is 1.75. The fourth-order valence-electron chi connectivity index (χ4n) is 0. The maximum Gasteiger partial charge on any atom is 0.0587 e. The van der Waals surface area contributed by atoms with Crippen molar-refractivity contribution in [3.05, 3.63) is 0 Å². The molecule has 3 heteroatoms. The van der Waals surface area contributed by atoms with Gasteiger partial charge in [0.15, 0.2) is 0 Å². The second-order valence-electron chi connectivity index (χ2n) is 0.224. The van der Waals surface area contributed by atoms with Gasteiger partial charge in [-0.1, -0.05) is 0 Å². The van der Waals surface area contributed by atoms with Gasteiger partial charge in [-0.25, -0.2) is 0 Å². The van der Waals surface area contributed by atoms with E-state index in [-0.39, 0.29) is 29.4 Å². The Morgan fingerprint density at radius 1 is 1.60 bits per heavy atom. The van der Waals surface area contributed by atoms with E-state index in [0.717, 1.165) is 0 Å². The van der Waals surface area contributed by atoms with E-state index in [1.807, 2.05) is 0 Å². The van der Waals surface area contributed by atoms with E-state index in [0.29, 0.717) is 0 Å². The molecule has 0 fully saturated rings. The molecule has 0 aliphatic rings. The van der Waals surface area contributed by atoms with Crippen LogP contribution in [0.4, 0.5) is 0 Å². The van der Waals surface area contributed by atoms with Crippen LogP contribution < -0.4 is 0 Å². The normalized spacial score (nSPS) is 1.60. The van der Waals surface area contributed by atoms with Crippen LogP contribution in [0.25, 0.3) is 0 Å². The SMILES string of the molecule is Br.CC#N.Cl. The van der Waals surface area contributed by atoms with Gasteiger partial charge in [-0.2, -0.15) is 5.26 Å². The van der Waals surface area contributed by atoms with E-state index in [2.05, 4.69) is 0 Å². The number of halogens is 2. The molecule has 0 rings (SSSR count). The maximum atomic E-state index is 7.32. The first-order chi connectivity index (χ1) is 1.41. The molecule has 0 heterocycles. The van der Waals surface area contributed by atoms with E-state index in [9.17, 15) is 0 Å². The first-order valence-electron chi connectivity index (χ1n) is 0.724. The lowest BCUT2D eigenvalue weighted by Gasteiger charge is -1.15. The van der Waals surface area contributed by atoms with Crippen molar-refractivity contribution in [2.75, 3.05) is 0 Å². The van der Waals surface area contributed by atoms with Gasteiger partial charge in [-0.05, 0) is 0 Å². The van der Waals surface area contributed by atoms with Crippen LogP contribution in [0.5, 0.6) is 0 Å². The van der Waals surface area contributed by atoms with E-state index in [1.54, 1.807) is 6.07 Å². The van der Waals surface area contributed by atoms with Gasteiger partial charge in [0.25, 0.3) is 0 Å². The zero-order chi connectivity index (χ0) is 2.71. The second-order valence-corrected chi connectivity index (χ2v) is 0.224. The predicted molar refractivity (Wildman–Crippen MR) is 28.9 cm³/mol. The van der Waals surface area contributed by atoms with Gasteiger partial charge in [0.1, 0.15) is 0 Å². The number of nitriles is 1. The molecule has 0 spiro atoms. The van der Waals surface area contributed by atoms with Crippen molar-refractivity contribution in [3.8, 4) is 6.07 Å². The summed E-state index contributed by atoms with van der Waals surface area (Å²) in [6.45, 7) is 1.43. The largest absolute Gasteiger partial charge is 0.199 e. The smallest absolute Gasteiger partial charge is 0.0587 e. The maximum absolute atomic E-state index is 7.32. The fourth-order valence-corrected chi connectivity index (χ4v) is 0. The van der Waals surface area contributed by atoms with Crippen molar-refractivity contribution in [1.82, 2.24) is 0 Å². The molecule has 0 radical (unpaired) electrons. The Balaban J connectivity index is -0.0000000200. The Hall–Kier alpha value is 0.260. The van der Waals surface area contributed by atoms with Crippen LogP contribution in [0.2, 0.25) is 0 Å². The molecular weight excluding hydrogens is 153 g/mol. The number of hydrogen-bond donors (Lipinski definition) is 0. The molecule has 0 saturated carbocycles. The molecule has 0 aromatic rings. The highest BCUT2D eigenvalue weighted by Gasteiger charge is 1.17. The monoisotopic (exact) mass is 157 g/mol. The summed E-state index contributed by atoms with van der Waals surface area (Å²) in [7, 11) is 0. The van der Waals surface area contributed by atoms with Gasteiger partial charge in [0.05, 0.1) is 6.07 Å². The quantitative estimate of drug-likeness (QED) is 0.524. The third kappa shape index (κ3) is 322.